The Balaban J connectivity index is 1.81. The molecule has 1 N–H and O–H groups in total. The first-order valence-electron chi connectivity index (χ1n) is 7.61. The van der Waals surface area contributed by atoms with Crippen molar-refractivity contribution in [2.75, 3.05) is 19.7 Å². The Morgan fingerprint density at radius 2 is 1.74 bits per heavy atom. The van der Waals surface area contributed by atoms with Gasteiger partial charge in [0.25, 0.3) is 0 Å². The molecule has 0 saturated heterocycles. The molecular weight excluding hydrogens is 234 g/mol. The third kappa shape index (κ3) is 9.69. The van der Waals surface area contributed by atoms with Crippen LogP contribution in [0.25, 0.3) is 0 Å². The number of hydrogen-bond donors (Lipinski definition) is 1. The van der Waals surface area contributed by atoms with Gasteiger partial charge < -0.3 is 10.1 Å². The maximum absolute atomic E-state index is 5.66. The molecule has 0 spiro atoms. The van der Waals surface area contributed by atoms with E-state index in [1.165, 1.54) is 31.2 Å². The number of nitrogens with one attached hydrogen (secondary N) is 1. The van der Waals surface area contributed by atoms with Crippen LogP contribution in [0.1, 0.15) is 45.1 Å². The fourth-order valence-electron chi connectivity index (χ4n) is 1.96. The molecule has 0 bridgehead atoms. The molecule has 0 saturated carbocycles. The molecule has 1 rings (SSSR count). The van der Waals surface area contributed by atoms with Gasteiger partial charge in [0.15, 0.2) is 0 Å². The second kappa shape index (κ2) is 11.0. The first kappa shape index (κ1) is 16.2. The van der Waals surface area contributed by atoms with Gasteiger partial charge in [0.1, 0.15) is 0 Å². The Hall–Kier alpha value is -0.860. The Kier molecular flexibility index (Phi) is 9.38. The lowest BCUT2D eigenvalue weighted by Gasteiger charge is -2.07. The average molecular weight is 263 g/mol. The van der Waals surface area contributed by atoms with E-state index in [4.69, 9.17) is 4.74 Å². The predicted molar refractivity (Wildman–Crippen MR) is 82.3 cm³/mol. The van der Waals surface area contributed by atoms with Gasteiger partial charge in [-0.25, -0.2) is 0 Å². The highest BCUT2D eigenvalue weighted by molar-refractivity contribution is 5.13. The van der Waals surface area contributed by atoms with E-state index in [9.17, 15) is 0 Å². The summed E-state index contributed by atoms with van der Waals surface area (Å²) in [5, 5.41) is 3.48. The summed E-state index contributed by atoms with van der Waals surface area (Å²) in [6.45, 7) is 8.42. The fourth-order valence-corrected chi connectivity index (χ4v) is 1.96. The second-order valence-electron chi connectivity index (χ2n) is 5.55. The minimum Gasteiger partial charge on any atom is -0.377 e. The zero-order valence-corrected chi connectivity index (χ0v) is 12.5. The molecule has 2 nitrogen and oxygen atoms in total. The van der Waals surface area contributed by atoms with Gasteiger partial charge in [-0.05, 0) is 37.4 Å². The lowest BCUT2D eigenvalue weighted by Crippen LogP contribution is -2.20. The van der Waals surface area contributed by atoms with E-state index < -0.39 is 0 Å². The monoisotopic (exact) mass is 263 g/mol. The first-order valence-corrected chi connectivity index (χ1v) is 7.61. The highest BCUT2D eigenvalue weighted by atomic mass is 16.5. The summed E-state index contributed by atoms with van der Waals surface area (Å²) in [5.74, 6) is 0.756. The summed E-state index contributed by atoms with van der Waals surface area (Å²) in [6.07, 6.45) is 5.04. The van der Waals surface area contributed by atoms with E-state index in [2.05, 4.69) is 43.4 Å². The van der Waals surface area contributed by atoms with E-state index >= 15 is 0 Å². The molecule has 19 heavy (non-hydrogen) atoms. The van der Waals surface area contributed by atoms with Crippen LogP contribution in [0.2, 0.25) is 0 Å². The molecule has 0 aliphatic rings. The van der Waals surface area contributed by atoms with Crippen molar-refractivity contribution in [2.45, 2.75) is 46.1 Å². The maximum atomic E-state index is 5.66. The van der Waals surface area contributed by atoms with E-state index in [1.54, 1.807) is 0 Å². The lowest BCUT2D eigenvalue weighted by molar-refractivity contribution is 0.116. The quantitative estimate of drug-likeness (QED) is 0.609. The Morgan fingerprint density at radius 1 is 1.00 bits per heavy atom. The summed E-state index contributed by atoms with van der Waals surface area (Å²) >= 11 is 0. The van der Waals surface area contributed by atoms with Crippen molar-refractivity contribution in [2.24, 2.45) is 5.92 Å². The molecule has 2 heteroatoms. The number of unbranched alkanes of at least 4 members (excludes halogenated alkanes) is 3. The molecule has 0 fully saturated rings. The zero-order valence-electron chi connectivity index (χ0n) is 12.5. The van der Waals surface area contributed by atoms with E-state index in [0.717, 1.165) is 32.2 Å². The van der Waals surface area contributed by atoms with Gasteiger partial charge in [0, 0.05) is 6.61 Å². The lowest BCUT2D eigenvalue weighted by atomic mass is 10.2. The smallest absolute Gasteiger partial charge is 0.0716 e. The van der Waals surface area contributed by atoms with Crippen LogP contribution in [-0.2, 0) is 11.3 Å². The summed E-state index contributed by atoms with van der Waals surface area (Å²) in [5.41, 5.74) is 1.26. The SMILES string of the molecule is CC(C)CNCCCCCCOCc1ccccc1. The molecule has 108 valence electrons. The molecule has 0 amide bonds. The molecule has 1 aromatic carbocycles. The van der Waals surface area contributed by atoms with Crippen LogP contribution in [0.3, 0.4) is 0 Å². The standard InChI is InChI=1S/C17H29NO/c1-16(2)14-18-12-8-3-4-9-13-19-15-17-10-6-5-7-11-17/h5-7,10-11,16,18H,3-4,8-9,12-15H2,1-2H3. The minimum absolute atomic E-state index is 0.747. The third-order valence-electron chi connectivity index (χ3n) is 3.06. The van der Waals surface area contributed by atoms with Gasteiger partial charge in [0.05, 0.1) is 6.61 Å². The molecule has 0 radical (unpaired) electrons. The zero-order chi connectivity index (χ0) is 13.8. The van der Waals surface area contributed by atoms with Crippen LogP contribution in [0.4, 0.5) is 0 Å². The summed E-state index contributed by atoms with van der Waals surface area (Å²) in [4.78, 5) is 0. The van der Waals surface area contributed by atoms with E-state index in [1.807, 2.05) is 6.07 Å². The van der Waals surface area contributed by atoms with Crippen molar-refractivity contribution in [1.82, 2.24) is 5.32 Å². The largest absolute Gasteiger partial charge is 0.377 e. The van der Waals surface area contributed by atoms with Crippen molar-refractivity contribution < 1.29 is 4.74 Å². The molecule has 0 aromatic heterocycles. The van der Waals surface area contributed by atoms with Crippen LogP contribution in [0.15, 0.2) is 30.3 Å². The van der Waals surface area contributed by atoms with E-state index in [0.29, 0.717) is 0 Å². The second-order valence-corrected chi connectivity index (χ2v) is 5.55. The number of rotatable bonds is 11. The number of benzene rings is 1. The van der Waals surface area contributed by atoms with Crippen LogP contribution in [0, 0.1) is 5.92 Å². The molecular formula is C17H29NO. The average Bonchev–Trinajstić information content (AvgIpc) is 2.42. The van der Waals surface area contributed by atoms with Crippen LogP contribution >= 0.6 is 0 Å². The molecule has 0 unspecified atom stereocenters. The Bertz CT molecular complexity index is 297. The van der Waals surface area contributed by atoms with Gasteiger partial charge in [-0.3, -0.25) is 0 Å². The molecule has 0 heterocycles. The van der Waals surface area contributed by atoms with Crippen LogP contribution in [-0.4, -0.2) is 19.7 Å². The normalized spacial score (nSPS) is 11.1. The number of hydrogen-bond acceptors (Lipinski definition) is 2. The van der Waals surface area contributed by atoms with Gasteiger partial charge in [-0.15, -0.1) is 0 Å². The predicted octanol–water partition coefficient (Wildman–Crippen LogP) is 4.01. The van der Waals surface area contributed by atoms with Gasteiger partial charge in [-0.1, -0.05) is 57.0 Å². The summed E-state index contributed by atoms with van der Waals surface area (Å²) in [6, 6.07) is 10.4. The van der Waals surface area contributed by atoms with Crippen molar-refractivity contribution in [1.29, 1.82) is 0 Å². The van der Waals surface area contributed by atoms with Crippen molar-refractivity contribution in [3.8, 4) is 0 Å². The molecule has 0 atom stereocenters. The van der Waals surface area contributed by atoms with Gasteiger partial charge >= 0.3 is 0 Å². The Morgan fingerprint density at radius 3 is 2.47 bits per heavy atom. The topological polar surface area (TPSA) is 21.3 Å². The van der Waals surface area contributed by atoms with Crippen LogP contribution in [0.5, 0.6) is 0 Å². The Labute approximate surface area is 118 Å². The highest BCUT2D eigenvalue weighted by Gasteiger charge is 1.94. The molecule has 0 aliphatic carbocycles. The van der Waals surface area contributed by atoms with Gasteiger partial charge in [-0.2, -0.15) is 0 Å². The first-order chi connectivity index (χ1) is 9.29. The van der Waals surface area contributed by atoms with Crippen LogP contribution < -0.4 is 5.32 Å². The third-order valence-corrected chi connectivity index (χ3v) is 3.06. The fraction of sp³-hybridized carbons (Fsp3) is 0.647. The van der Waals surface area contributed by atoms with E-state index in [-0.39, 0.29) is 0 Å². The maximum Gasteiger partial charge on any atom is 0.0716 e. The minimum atomic E-state index is 0.747. The molecule has 0 aliphatic heterocycles. The highest BCUT2D eigenvalue weighted by Crippen LogP contribution is 2.03. The van der Waals surface area contributed by atoms with Crippen molar-refractivity contribution in [3.05, 3.63) is 35.9 Å². The molecule has 1 aromatic rings. The van der Waals surface area contributed by atoms with Gasteiger partial charge in [0.2, 0.25) is 0 Å². The number of ether oxygens (including phenoxy) is 1. The summed E-state index contributed by atoms with van der Waals surface area (Å²) < 4.78 is 5.66. The summed E-state index contributed by atoms with van der Waals surface area (Å²) in [7, 11) is 0. The van der Waals surface area contributed by atoms with Crippen molar-refractivity contribution >= 4 is 0 Å². The van der Waals surface area contributed by atoms with Crippen molar-refractivity contribution in [3.63, 3.8) is 0 Å².